The van der Waals surface area contributed by atoms with Gasteiger partial charge in [-0.05, 0) is 30.2 Å². The van der Waals surface area contributed by atoms with E-state index in [1.165, 1.54) is 4.88 Å². The highest BCUT2D eigenvalue weighted by molar-refractivity contribution is 7.87. The summed E-state index contributed by atoms with van der Waals surface area (Å²) >= 11 is 1.66. The summed E-state index contributed by atoms with van der Waals surface area (Å²) in [5.41, 5.74) is 0. The summed E-state index contributed by atoms with van der Waals surface area (Å²) in [6.45, 7) is 3.86. The van der Waals surface area contributed by atoms with Gasteiger partial charge in [0.2, 0.25) is 0 Å². The van der Waals surface area contributed by atoms with Gasteiger partial charge < -0.3 is 0 Å². The van der Waals surface area contributed by atoms with Gasteiger partial charge in [0.05, 0.1) is 0 Å². The summed E-state index contributed by atoms with van der Waals surface area (Å²) in [5, 5.41) is 2.01. The van der Waals surface area contributed by atoms with Crippen molar-refractivity contribution in [1.29, 1.82) is 0 Å². The first-order valence-corrected chi connectivity index (χ1v) is 8.17. The fourth-order valence-electron chi connectivity index (χ4n) is 1.96. The van der Waals surface area contributed by atoms with Crippen molar-refractivity contribution in [3.05, 3.63) is 22.4 Å². The Bertz CT molecular complexity index is 442. The zero-order chi connectivity index (χ0) is 12.3. The fourth-order valence-corrected chi connectivity index (χ4v) is 4.01. The molecule has 1 fully saturated rings. The Labute approximate surface area is 107 Å². The molecule has 0 spiro atoms. The molecule has 96 valence electrons. The highest BCUT2D eigenvalue weighted by atomic mass is 32.2. The number of nitrogens with zero attached hydrogens (tertiary/aromatic N) is 1. The molecule has 4 nitrogen and oxygen atoms in total. The number of thiophene rings is 1. The highest BCUT2D eigenvalue weighted by Crippen LogP contribution is 2.17. The van der Waals surface area contributed by atoms with Crippen LogP contribution in [0.1, 0.15) is 18.2 Å². The molecule has 2 heterocycles. The lowest BCUT2D eigenvalue weighted by Gasteiger charge is -2.16. The third-order valence-electron chi connectivity index (χ3n) is 2.96. The maximum absolute atomic E-state index is 11.9. The molecule has 6 heteroatoms. The first-order valence-electron chi connectivity index (χ1n) is 5.85. The Morgan fingerprint density at radius 1 is 1.59 bits per heavy atom. The van der Waals surface area contributed by atoms with Gasteiger partial charge in [0, 0.05) is 24.5 Å². The molecule has 17 heavy (non-hydrogen) atoms. The lowest BCUT2D eigenvalue weighted by atomic mass is 10.2. The van der Waals surface area contributed by atoms with E-state index in [1.807, 2.05) is 17.5 Å². The van der Waals surface area contributed by atoms with Gasteiger partial charge in [-0.15, -0.1) is 11.3 Å². The summed E-state index contributed by atoms with van der Waals surface area (Å²) in [6.07, 6.45) is 1.73. The van der Waals surface area contributed by atoms with Crippen molar-refractivity contribution in [3.63, 3.8) is 0 Å². The van der Waals surface area contributed by atoms with Crippen molar-refractivity contribution in [1.82, 2.24) is 9.03 Å². The third-order valence-corrected chi connectivity index (χ3v) is 5.48. The van der Waals surface area contributed by atoms with Crippen LogP contribution in [0.2, 0.25) is 0 Å². The summed E-state index contributed by atoms with van der Waals surface area (Å²) in [7, 11) is -3.26. The zero-order valence-electron chi connectivity index (χ0n) is 9.93. The van der Waals surface area contributed by atoms with E-state index in [9.17, 15) is 8.42 Å². The Hall–Kier alpha value is -0.430. The van der Waals surface area contributed by atoms with Gasteiger partial charge in [-0.2, -0.15) is 12.7 Å². The monoisotopic (exact) mass is 274 g/mol. The van der Waals surface area contributed by atoms with Crippen LogP contribution < -0.4 is 4.72 Å². The van der Waals surface area contributed by atoms with E-state index in [2.05, 4.69) is 11.6 Å². The highest BCUT2D eigenvalue weighted by Gasteiger charge is 2.28. The van der Waals surface area contributed by atoms with Gasteiger partial charge in [0.15, 0.2) is 0 Å². The maximum Gasteiger partial charge on any atom is 0.279 e. The molecule has 1 aromatic heterocycles. The van der Waals surface area contributed by atoms with Crippen molar-refractivity contribution >= 4 is 21.5 Å². The Morgan fingerprint density at radius 2 is 2.41 bits per heavy atom. The van der Waals surface area contributed by atoms with Crippen LogP contribution in [0.4, 0.5) is 0 Å². The standard InChI is InChI=1S/C11H18N2O2S2/c1-10-5-7-13(9-10)17(14,15)12-6-4-11-3-2-8-16-11/h2-3,8,10,12H,4-7,9H2,1H3. The van der Waals surface area contributed by atoms with Gasteiger partial charge in [-0.1, -0.05) is 13.0 Å². The van der Waals surface area contributed by atoms with Gasteiger partial charge >= 0.3 is 0 Å². The normalized spacial score (nSPS) is 22.1. The van der Waals surface area contributed by atoms with Gasteiger partial charge in [-0.3, -0.25) is 0 Å². The second-order valence-electron chi connectivity index (χ2n) is 4.48. The molecule has 1 aliphatic rings. The van der Waals surface area contributed by atoms with E-state index in [0.29, 0.717) is 25.6 Å². The quantitative estimate of drug-likeness (QED) is 0.884. The van der Waals surface area contributed by atoms with E-state index >= 15 is 0 Å². The van der Waals surface area contributed by atoms with E-state index in [-0.39, 0.29) is 0 Å². The summed E-state index contributed by atoms with van der Waals surface area (Å²) in [6, 6.07) is 4.01. The van der Waals surface area contributed by atoms with E-state index in [0.717, 1.165) is 12.8 Å². The summed E-state index contributed by atoms with van der Waals surface area (Å²) < 4.78 is 28.1. The lowest BCUT2D eigenvalue weighted by Crippen LogP contribution is -2.40. The van der Waals surface area contributed by atoms with Crippen LogP contribution in [0.25, 0.3) is 0 Å². The molecule has 2 rings (SSSR count). The Morgan fingerprint density at radius 3 is 3.00 bits per heavy atom. The Kier molecular flexibility index (Phi) is 4.19. The third kappa shape index (κ3) is 3.51. The minimum Gasteiger partial charge on any atom is -0.202 e. The summed E-state index contributed by atoms with van der Waals surface area (Å²) in [5.74, 6) is 0.476. The van der Waals surface area contributed by atoms with Crippen LogP contribution in [0.3, 0.4) is 0 Å². The van der Waals surface area contributed by atoms with Crippen molar-refractivity contribution in [2.45, 2.75) is 19.8 Å². The van der Waals surface area contributed by atoms with Crippen LogP contribution in [0, 0.1) is 5.92 Å². The first-order chi connectivity index (χ1) is 8.08. The maximum atomic E-state index is 11.9. The average Bonchev–Trinajstić information content (AvgIpc) is 2.89. The second-order valence-corrected chi connectivity index (χ2v) is 7.27. The molecule has 1 unspecified atom stereocenters. The minimum atomic E-state index is -3.26. The smallest absolute Gasteiger partial charge is 0.202 e. The number of hydrogen-bond acceptors (Lipinski definition) is 3. The van der Waals surface area contributed by atoms with E-state index in [1.54, 1.807) is 15.6 Å². The van der Waals surface area contributed by atoms with Gasteiger partial charge in [0.1, 0.15) is 0 Å². The molecule has 0 aromatic carbocycles. The molecule has 0 radical (unpaired) electrons. The van der Waals surface area contributed by atoms with Crippen molar-refractivity contribution in [3.8, 4) is 0 Å². The molecule has 0 bridgehead atoms. The number of hydrogen-bond donors (Lipinski definition) is 1. The molecule has 1 aliphatic heterocycles. The fraction of sp³-hybridized carbons (Fsp3) is 0.636. The zero-order valence-corrected chi connectivity index (χ0v) is 11.6. The Balaban J connectivity index is 1.81. The van der Waals surface area contributed by atoms with Crippen molar-refractivity contribution in [2.75, 3.05) is 19.6 Å². The second kappa shape index (κ2) is 5.48. The molecular weight excluding hydrogens is 256 g/mol. The molecule has 0 amide bonds. The predicted octanol–water partition coefficient (Wildman–Crippen LogP) is 1.47. The molecule has 1 aromatic rings. The lowest BCUT2D eigenvalue weighted by molar-refractivity contribution is 0.453. The van der Waals surface area contributed by atoms with Crippen LogP contribution in [-0.2, 0) is 16.6 Å². The minimum absolute atomic E-state index is 0.476. The predicted molar refractivity (Wildman–Crippen MR) is 70.3 cm³/mol. The van der Waals surface area contributed by atoms with E-state index < -0.39 is 10.2 Å². The number of nitrogens with one attached hydrogen (secondary N) is 1. The molecule has 1 N–H and O–H groups in total. The molecule has 0 aliphatic carbocycles. The molecular formula is C11H18N2O2S2. The molecule has 1 saturated heterocycles. The van der Waals surface area contributed by atoms with Crippen molar-refractivity contribution < 1.29 is 8.42 Å². The van der Waals surface area contributed by atoms with Crippen molar-refractivity contribution in [2.24, 2.45) is 5.92 Å². The van der Waals surface area contributed by atoms with E-state index in [4.69, 9.17) is 0 Å². The topological polar surface area (TPSA) is 49.4 Å². The number of rotatable bonds is 5. The van der Waals surface area contributed by atoms with Gasteiger partial charge in [-0.25, -0.2) is 4.72 Å². The van der Waals surface area contributed by atoms with Crippen LogP contribution in [0.15, 0.2) is 17.5 Å². The SMILES string of the molecule is CC1CCN(S(=O)(=O)NCCc2cccs2)C1. The first kappa shape index (κ1) is 13.0. The van der Waals surface area contributed by atoms with Crippen LogP contribution in [0.5, 0.6) is 0 Å². The molecule has 1 atom stereocenters. The molecule has 0 saturated carbocycles. The van der Waals surface area contributed by atoms with Crippen LogP contribution in [-0.4, -0.2) is 32.4 Å². The van der Waals surface area contributed by atoms with Crippen LogP contribution >= 0.6 is 11.3 Å². The largest absolute Gasteiger partial charge is 0.279 e. The van der Waals surface area contributed by atoms with Gasteiger partial charge in [0.25, 0.3) is 10.2 Å². The summed E-state index contributed by atoms with van der Waals surface area (Å²) in [4.78, 5) is 1.21. The average molecular weight is 274 g/mol.